The molecule has 0 radical (unpaired) electrons. The number of aryl methyl sites for hydroxylation is 1. The third kappa shape index (κ3) is 5.93. The first-order chi connectivity index (χ1) is 21.4. The Bertz CT molecular complexity index is 1580. The average molecular weight is 598 g/mol. The number of hydrogen-bond acceptors (Lipinski definition) is 8. The highest BCUT2D eigenvalue weighted by Gasteiger charge is 2.34. The van der Waals surface area contributed by atoms with Gasteiger partial charge >= 0.3 is 6.01 Å². The molecule has 0 N–H and O–H groups in total. The number of carbonyl (C=O) groups is 1. The topological polar surface area (TPSA) is 88.8 Å². The molecule has 1 amide bonds. The summed E-state index contributed by atoms with van der Waals surface area (Å²) in [6, 6.07) is 15.1. The molecule has 10 heteroatoms. The van der Waals surface area contributed by atoms with Gasteiger partial charge in [-0.05, 0) is 56.3 Å². The van der Waals surface area contributed by atoms with Crippen LogP contribution in [0.3, 0.4) is 0 Å². The molecule has 230 valence electrons. The van der Waals surface area contributed by atoms with Crippen LogP contribution in [0.1, 0.15) is 36.1 Å². The number of carbonyl (C=O) groups excluding carboxylic acids is 1. The molecule has 6 rings (SSSR count). The molecule has 0 aliphatic carbocycles. The molecule has 3 aromatic rings. The number of ether oxygens (including phenoxy) is 1. The number of fused-ring (bicyclic) bond motifs is 2. The maximum atomic E-state index is 14.1. The lowest BCUT2D eigenvalue weighted by atomic mass is 10.0. The van der Waals surface area contributed by atoms with E-state index in [4.69, 9.17) is 14.7 Å². The fraction of sp³-hybridized carbons (Fsp3) is 0.471. The molecule has 1 aromatic heterocycles. The van der Waals surface area contributed by atoms with Crippen molar-refractivity contribution >= 4 is 28.2 Å². The summed E-state index contributed by atoms with van der Waals surface area (Å²) in [5.74, 6) is 0.640. The van der Waals surface area contributed by atoms with Crippen molar-refractivity contribution < 1.29 is 13.9 Å². The van der Waals surface area contributed by atoms with Crippen molar-refractivity contribution in [1.29, 1.82) is 5.26 Å². The van der Waals surface area contributed by atoms with Crippen LogP contribution in [0.15, 0.2) is 49.1 Å². The molecular weight excluding hydrogens is 557 g/mol. The summed E-state index contributed by atoms with van der Waals surface area (Å²) < 4.78 is 20.3. The van der Waals surface area contributed by atoms with Crippen LogP contribution in [0.25, 0.3) is 10.8 Å². The van der Waals surface area contributed by atoms with Crippen molar-refractivity contribution in [3.8, 4) is 12.1 Å². The molecule has 2 fully saturated rings. The second kappa shape index (κ2) is 12.8. The zero-order chi connectivity index (χ0) is 30.8. The number of benzene rings is 2. The predicted octanol–water partition coefficient (Wildman–Crippen LogP) is 4.43. The number of aromatic nitrogens is 2. The highest BCUT2D eigenvalue weighted by molar-refractivity contribution is 5.97. The standard InChI is InChI=1S/C34H40FN7O2/c1-4-31(43)42-17-16-41(20-26(42)13-14-36)33-28-11-7-15-40(30-12-6-10-24-9-5-8-23(2)32(24)30)21-29(28)37-34(38-33)44-22-27-18-25(35)19-39(27)3/h4-6,8-10,12,25-27H,1,7,11,13,15-22H2,2-3H3/t25-,26?,27-/m0/s1. The third-order valence-corrected chi connectivity index (χ3v) is 9.29. The lowest BCUT2D eigenvalue weighted by molar-refractivity contribution is -0.128. The minimum Gasteiger partial charge on any atom is -0.462 e. The lowest BCUT2D eigenvalue weighted by Gasteiger charge is -2.41. The third-order valence-electron chi connectivity index (χ3n) is 9.29. The van der Waals surface area contributed by atoms with Gasteiger partial charge in [-0.15, -0.1) is 0 Å². The number of likely N-dealkylation sites (N-methyl/N-ethyl adjacent to an activating group) is 1. The van der Waals surface area contributed by atoms with E-state index in [1.54, 1.807) is 4.90 Å². The minimum atomic E-state index is -0.860. The fourth-order valence-electron chi connectivity index (χ4n) is 7.00. The van der Waals surface area contributed by atoms with Crippen LogP contribution in [-0.4, -0.2) is 90.3 Å². The first-order valence-corrected chi connectivity index (χ1v) is 15.5. The van der Waals surface area contributed by atoms with Gasteiger partial charge in [0.05, 0.1) is 30.8 Å². The number of nitriles is 1. The molecule has 3 aliphatic heterocycles. The Morgan fingerprint density at radius 2 is 1.95 bits per heavy atom. The highest BCUT2D eigenvalue weighted by atomic mass is 19.1. The van der Waals surface area contributed by atoms with Crippen LogP contribution in [-0.2, 0) is 17.8 Å². The zero-order valence-electron chi connectivity index (χ0n) is 25.6. The second-order valence-corrected chi connectivity index (χ2v) is 12.2. The number of hydrogen-bond donors (Lipinski definition) is 0. The summed E-state index contributed by atoms with van der Waals surface area (Å²) in [5.41, 5.74) is 4.41. The summed E-state index contributed by atoms with van der Waals surface area (Å²) in [6.45, 7) is 9.50. The number of amides is 1. The van der Waals surface area contributed by atoms with Gasteiger partial charge in [0.2, 0.25) is 5.91 Å². The molecule has 3 aliphatic rings. The van der Waals surface area contributed by atoms with Gasteiger partial charge in [0.15, 0.2) is 0 Å². The molecule has 0 bridgehead atoms. The SMILES string of the molecule is C=CC(=O)N1CCN(c2nc(OC[C@@H]3C[C@H](F)CN3C)nc3c2CCCN(c2cccc4cccc(C)c24)C3)CC1CC#N. The van der Waals surface area contributed by atoms with E-state index in [1.807, 2.05) is 11.9 Å². The molecule has 0 saturated carbocycles. The van der Waals surface area contributed by atoms with Crippen molar-refractivity contribution in [2.45, 2.75) is 57.4 Å². The largest absolute Gasteiger partial charge is 0.462 e. The van der Waals surface area contributed by atoms with Gasteiger partial charge in [-0.1, -0.05) is 36.9 Å². The normalized spacial score (nSPS) is 22.4. The Morgan fingerprint density at radius 1 is 1.14 bits per heavy atom. The lowest BCUT2D eigenvalue weighted by Crippen LogP contribution is -2.55. The van der Waals surface area contributed by atoms with Crippen LogP contribution in [0.4, 0.5) is 15.9 Å². The summed E-state index contributed by atoms with van der Waals surface area (Å²) >= 11 is 0. The molecule has 3 atom stereocenters. The first-order valence-electron chi connectivity index (χ1n) is 15.5. The number of piperazine rings is 1. The molecular formula is C34H40FN7O2. The van der Waals surface area contributed by atoms with E-state index in [9.17, 15) is 14.4 Å². The monoisotopic (exact) mass is 597 g/mol. The van der Waals surface area contributed by atoms with Crippen molar-refractivity contribution in [3.63, 3.8) is 0 Å². The molecule has 9 nitrogen and oxygen atoms in total. The quantitative estimate of drug-likeness (QED) is 0.370. The van der Waals surface area contributed by atoms with Crippen LogP contribution in [0.5, 0.6) is 6.01 Å². The zero-order valence-corrected chi connectivity index (χ0v) is 25.6. The molecule has 1 unspecified atom stereocenters. The number of anilines is 2. The Balaban J connectivity index is 1.36. The van der Waals surface area contributed by atoms with Crippen molar-refractivity contribution in [1.82, 2.24) is 19.8 Å². The van der Waals surface area contributed by atoms with Crippen molar-refractivity contribution in [2.24, 2.45) is 0 Å². The van der Waals surface area contributed by atoms with Gasteiger partial charge < -0.3 is 19.4 Å². The van der Waals surface area contributed by atoms with Gasteiger partial charge in [0, 0.05) is 55.4 Å². The summed E-state index contributed by atoms with van der Waals surface area (Å²) in [6.07, 6.45) is 2.83. The Morgan fingerprint density at radius 3 is 2.70 bits per heavy atom. The van der Waals surface area contributed by atoms with E-state index in [0.29, 0.717) is 45.8 Å². The fourth-order valence-corrected chi connectivity index (χ4v) is 7.00. The smallest absolute Gasteiger partial charge is 0.318 e. The van der Waals surface area contributed by atoms with E-state index in [1.165, 1.54) is 28.1 Å². The number of likely N-dealkylation sites (tertiary alicyclic amines) is 1. The van der Waals surface area contributed by atoms with E-state index in [-0.39, 0.29) is 30.4 Å². The number of halogens is 1. The summed E-state index contributed by atoms with van der Waals surface area (Å²) in [5, 5.41) is 12.0. The summed E-state index contributed by atoms with van der Waals surface area (Å²) in [7, 11) is 1.92. The van der Waals surface area contributed by atoms with Crippen molar-refractivity contribution in [2.75, 3.05) is 56.2 Å². The van der Waals surface area contributed by atoms with Gasteiger partial charge in [0.25, 0.3) is 0 Å². The van der Waals surface area contributed by atoms with Crippen LogP contribution in [0.2, 0.25) is 0 Å². The minimum absolute atomic E-state index is 0.0421. The highest BCUT2D eigenvalue weighted by Crippen LogP contribution is 2.35. The van der Waals surface area contributed by atoms with Gasteiger partial charge in [-0.2, -0.15) is 15.2 Å². The predicted molar refractivity (Wildman–Crippen MR) is 170 cm³/mol. The average Bonchev–Trinajstić information content (AvgIpc) is 3.20. The number of alkyl halides is 1. The molecule has 44 heavy (non-hydrogen) atoms. The van der Waals surface area contributed by atoms with Crippen molar-refractivity contribution in [3.05, 3.63) is 65.9 Å². The van der Waals surface area contributed by atoms with E-state index >= 15 is 0 Å². The van der Waals surface area contributed by atoms with Crippen LogP contribution in [0, 0.1) is 18.3 Å². The Hall–Kier alpha value is -4.23. The molecule has 0 spiro atoms. The Kier molecular flexibility index (Phi) is 8.67. The molecule has 4 heterocycles. The second-order valence-electron chi connectivity index (χ2n) is 12.2. The van der Waals surface area contributed by atoms with E-state index in [0.717, 1.165) is 36.5 Å². The van der Waals surface area contributed by atoms with Crippen LogP contribution >= 0.6 is 0 Å². The maximum Gasteiger partial charge on any atom is 0.318 e. The van der Waals surface area contributed by atoms with Crippen LogP contribution < -0.4 is 14.5 Å². The van der Waals surface area contributed by atoms with Gasteiger partial charge in [-0.3, -0.25) is 9.69 Å². The maximum absolute atomic E-state index is 14.1. The van der Waals surface area contributed by atoms with E-state index in [2.05, 4.69) is 65.8 Å². The first kappa shape index (κ1) is 29.8. The van der Waals surface area contributed by atoms with Gasteiger partial charge in [-0.25, -0.2) is 4.39 Å². The van der Waals surface area contributed by atoms with Gasteiger partial charge in [0.1, 0.15) is 18.6 Å². The van der Waals surface area contributed by atoms with E-state index < -0.39 is 6.17 Å². The summed E-state index contributed by atoms with van der Waals surface area (Å²) in [4.78, 5) is 30.8. The number of rotatable bonds is 7. The number of nitrogens with zero attached hydrogens (tertiary/aromatic N) is 7. The molecule has 2 saturated heterocycles. The molecule has 2 aromatic carbocycles. The Labute approximate surface area is 258 Å².